The minimum absolute atomic E-state index is 0.191. The third-order valence-corrected chi connectivity index (χ3v) is 8.87. The van der Waals surface area contributed by atoms with Gasteiger partial charge in [0.25, 0.3) is 0 Å². The van der Waals surface area contributed by atoms with Crippen molar-refractivity contribution in [3.05, 3.63) is 58.6 Å². The topological polar surface area (TPSA) is 32.3 Å². The van der Waals surface area contributed by atoms with Crippen molar-refractivity contribution >= 4 is 33.2 Å². The maximum Gasteiger partial charge on any atom is 0.0774 e. The quantitative estimate of drug-likeness (QED) is 0.764. The number of halogens is 2. The third-order valence-electron chi connectivity index (χ3n) is 4.73. The molecule has 2 aromatic carbocycles. The molecule has 0 saturated carbocycles. The molecule has 0 radical (unpaired) electrons. The molecule has 0 amide bonds. The largest absolute Gasteiger partial charge is 0.391 e. The highest BCUT2D eigenvalue weighted by Gasteiger charge is 2.31. The van der Waals surface area contributed by atoms with E-state index in [0.717, 1.165) is 35.2 Å². The molecule has 1 aliphatic rings. The van der Waals surface area contributed by atoms with Gasteiger partial charge in [-0.25, -0.2) is 0 Å². The van der Waals surface area contributed by atoms with Crippen molar-refractivity contribution in [3.63, 3.8) is 0 Å². The van der Waals surface area contributed by atoms with Gasteiger partial charge in [-0.1, -0.05) is 23.2 Å². The van der Waals surface area contributed by atoms with Crippen LogP contribution in [-0.2, 0) is 0 Å². The van der Waals surface area contributed by atoms with E-state index < -0.39 is 10.0 Å². The summed E-state index contributed by atoms with van der Waals surface area (Å²) in [6.45, 7) is 0.996. The molecule has 0 bridgehead atoms. The number of hydrogen-bond acceptors (Lipinski definition) is 2. The maximum atomic E-state index is 10.8. The summed E-state index contributed by atoms with van der Waals surface area (Å²) in [6.07, 6.45) is 4.07. The first-order valence-electron chi connectivity index (χ1n) is 8.18. The van der Waals surface area contributed by atoms with Crippen LogP contribution in [0.3, 0.4) is 0 Å². The van der Waals surface area contributed by atoms with Gasteiger partial charge >= 0.3 is 0 Å². The average molecular weight is 384 g/mol. The van der Waals surface area contributed by atoms with Crippen molar-refractivity contribution in [1.82, 2.24) is 5.32 Å². The van der Waals surface area contributed by atoms with Gasteiger partial charge in [0.2, 0.25) is 0 Å². The van der Waals surface area contributed by atoms with Gasteiger partial charge in [-0.2, -0.15) is 10.0 Å². The van der Waals surface area contributed by atoms with Crippen LogP contribution < -0.4 is 5.32 Å². The van der Waals surface area contributed by atoms with Crippen molar-refractivity contribution in [2.45, 2.75) is 34.8 Å². The van der Waals surface area contributed by atoms with Crippen LogP contribution in [0, 0.1) is 0 Å². The molecule has 2 N–H and O–H groups in total. The highest BCUT2D eigenvalue weighted by Crippen LogP contribution is 2.60. The lowest BCUT2D eigenvalue weighted by Crippen LogP contribution is -2.38. The zero-order valence-corrected chi connectivity index (χ0v) is 16.0. The third kappa shape index (κ3) is 3.92. The molecule has 0 aromatic heterocycles. The lowest BCUT2D eigenvalue weighted by atomic mass is 10.1. The first-order chi connectivity index (χ1) is 11.5. The molecule has 1 heterocycles. The molecule has 0 unspecified atom stereocenters. The Bertz CT molecular complexity index is 623. The minimum atomic E-state index is -1.37. The van der Waals surface area contributed by atoms with Crippen LogP contribution in [-0.4, -0.2) is 35.8 Å². The molecule has 2 atom stereocenters. The SMILES string of the molecule is CS(C[C@@H](O)[C@@H]1CCCN1)(c1ccc(Cl)cc1)c1ccc(Cl)cc1. The second kappa shape index (κ2) is 7.67. The first-order valence-corrected chi connectivity index (χ1v) is 11.1. The summed E-state index contributed by atoms with van der Waals surface area (Å²) in [6, 6.07) is 16.2. The Balaban J connectivity index is 1.96. The number of nitrogens with one attached hydrogen (secondary N) is 1. The van der Waals surface area contributed by atoms with Crippen LogP contribution >= 0.6 is 33.2 Å². The van der Waals surface area contributed by atoms with E-state index in [4.69, 9.17) is 23.2 Å². The van der Waals surface area contributed by atoms with Crippen molar-refractivity contribution < 1.29 is 5.11 Å². The lowest BCUT2D eigenvalue weighted by Gasteiger charge is -2.40. The monoisotopic (exact) mass is 383 g/mol. The van der Waals surface area contributed by atoms with Crippen molar-refractivity contribution in [1.29, 1.82) is 0 Å². The Labute approximate surface area is 155 Å². The van der Waals surface area contributed by atoms with Gasteiger partial charge in [0.05, 0.1) is 6.10 Å². The van der Waals surface area contributed by atoms with E-state index in [2.05, 4.69) is 35.8 Å². The van der Waals surface area contributed by atoms with E-state index >= 15 is 0 Å². The van der Waals surface area contributed by atoms with Gasteiger partial charge in [-0.15, -0.1) is 0 Å². The van der Waals surface area contributed by atoms with Gasteiger partial charge in [-0.3, -0.25) is 0 Å². The molecule has 3 rings (SSSR count). The van der Waals surface area contributed by atoms with Gasteiger partial charge in [0, 0.05) is 21.8 Å². The fourth-order valence-corrected chi connectivity index (χ4v) is 6.59. The molecular formula is C19H23Cl2NOS. The van der Waals surface area contributed by atoms with Gasteiger partial charge in [-0.05, 0) is 84.0 Å². The van der Waals surface area contributed by atoms with E-state index in [1.54, 1.807) is 0 Å². The summed E-state index contributed by atoms with van der Waals surface area (Å²) >= 11 is 12.1. The maximum absolute atomic E-state index is 10.8. The molecule has 0 spiro atoms. The number of hydrogen-bond donors (Lipinski definition) is 2. The number of rotatable bonds is 5. The van der Waals surface area contributed by atoms with Crippen LogP contribution in [0.2, 0.25) is 10.0 Å². The second-order valence-electron chi connectivity index (χ2n) is 6.43. The predicted molar refractivity (Wildman–Crippen MR) is 105 cm³/mol. The van der Waals surface area contributed by atoms with Crippen molar-refractivity contribution in [2.75, 3.05) is 18.6 Å². The molecule has 24 heavy (non-hydrogen) atoms. The van der Waals surface area contributed by atoms with Crippen LogP contribution in [0.25, 0.3) is 0 Å². The molecule has 1 fully saturated rings. The second-order valence-corrected chi connectivity index (χ2v) is 10.8. The summed E-state index contributed by atoms with van der Waals surface area (Å²) in [5.41, 5.74) is 0. The van der Waals surface area contributed by atoms with Crippen LogP contribution in [0.15, 0.2) is 58.3 Å². The zero-order chi connectivity index (χ0) is 17.2. The Morgan fingerprint density at radius 1 is 1.04 bits per heavy atom. The molecule has 1 aliphatic heterocycles. The van der Waals surface area contributed by atoms with Gasteiger partial charge in [0.15, 0.2) is 0 Å². The average Bonchev–Trinajstić information content (AvgIpc) is 3.10. The smallest absolute Gasteiger partial charge is 0.0774 e. The van der Waals surface area contributed by atoms with Crippen molar-refractivity contribution in [2.24, 2.45) is 0 Å². The highest BCUT2D eigenvalue weighted by molar-refractivity contribution is 8.33. The fourth-order valence-electron chi connectivity index (χ4n) is 3.30. The van der Waals surface area contributed by atoms with Crippen molar-refractivity contribution in [3.8, 4) is 0 Å². The van der Waals surface area contributed by atoms with Crippen LogP contribution in [0.5, 0.6) is 0 Å². The Morgan fingerprint density at radius 3 is 1.96 bits per heavy atom. The Kier molecular flexibility index (Phi) is 5.78. The summed E-state index contributed by atoms with van der Waals surface area (Å²) in [4.78, 5) is 2.46. The molecule has 2 aromatic rings. The van der Waals surface area contributed by atoms with E-state index in [1.165, 1.54) is 9.79 Å². The minimum Gasteiger partial charge on any atom is -0.391 e. The van der Waals surface area contributed by atoms with Crippen LogP contribution in [0.1, 0.15) is 12.8 Å². The first kappa shape index (κ1) is 18.1. The van der Waals surface area contributed by atoms with Crippen LogP contribution in [0.4, 0.5) is 0 Å². The Morgan fingerprint density at radius 2 is 1.54 bits per heavy atom. The van der Waals surface area contributed by atoms with E-state index in [1.807, 2.05) is 24.3 Å². The summed E-state index contributed by atoms with van der Waals surface area (Å²) in [5, 5.41) is 15.7. The van der Waals surface area contributed by atoms with E-state index in [-0.39, 0.29) is 12.1 Å². The summed E-state index contributed by atoms with van der Waals surface area (Å²) in [7, 11) is -1.37. The molecule has 0 aliphatic carbocycles. The highest BCUT2D eigenvalue weighted by atomic mass is 35.5. The summed E-state index contributed by atoms with van der Waals surface area (Å²) < 4.78 is 0. The molecule has 2 nitrogen and oxygen atoms in total. The molecule has 130 valence electrons. The van der Waals surface area contributed by atoms with E-state index in [9.17, 15) is 5.11 Å². The van der Waals surface area contributed by atoms with Gasteiger partial charge < -0.3 is 10.4 Å². The lowest BCUT2D eigenvalue weighted by molar-refractivity contribution is 0.158. The number of aliphatic hydroxyl groups is 1. The standard InChI is InChI=1S/C19H23Cl2NOS/c1-24(16-8-4-14(20)5-9-16,17-10-6-15(21)7-11-17)13-19(23)18-3-2-12-22-18/h4-11,18-19,22-23H,2-3,12-13H2,1H3/t18-,19+/m0/s1. The number of aliphatic hydroxyl groups excluding tert-OH is 1. The molecule has 5 heteroatoms. The zero-order valence-electron chi connectivity index (χ0n) is 13.7. The molecule has 1 saturated heterocycles. The molecular weight excluding hydrogens is 361 g/mol. The van der Waals surface area contributed by atoms with Gasteiger partial charge in [0.1, 0.15) is 0 Å². The Hall–Kier alpha value is -0.710. The predicted octanol–water partition coefficient (Wildman–Crippen LogP) is 4.96. The number of benzene rings is 2. The van der Waals surface area contributed by atoms with E-state index in [0.29, 0.717) is 0 Å². The normalized spacial score (nSPS) is 20.1. The fraction of sp³-hybridized carbons (Fsp3) is 0.368. The summed E-state index contributed by atoms with van der Waals surface area (Å²) in [5.74, 6) is 0.730.